The number of carbonyl (C=O) groups excluding carboxylic acids is 2. The van der Waals surface area contributed by atoms with Crippen molar-refractivity contribution in [1.29, 1.82) is 0 Å². The topological polar surface area (TPSA) is 58.6 Å². The highest BCUT2D eigenvalue weighted by Crippen LogP contribution is 2.23. The number of hydrogen-bond acceptors (Lipinski definition) is 3. The molecular weight excluding hydrogens is 316 g/mol. The van der Waals surface area contributed by atoms with E-state index in [2.05, 4.69) is 5.32 Å². The Morgan fingerprint density at radius 3 is 2.36 bits per heavy atom. The SMILES string of the molecule is CC(=O)N(CCC(=O)Nc1ccc(OC(C)C)cc1)C1CCCCC1. The Hall–Kier alpha value is -2.04. The van der Waals surface area contributed by atoms with Gasteiger partial charge in [-0.05, 0) is 51.0 Å². The Morgan fingerprint density at radius 2 is 1.80 bits per heavy atom. The van der Waals surface area contributed by atoms with Gasteiger partial charge in [-0.25, -0.2) is 0 Å². The fourth-order valence-corrected chi connectivity index (χ4v) is 3.32. The van der Waals surface area contributed by atoms with E-state index in [-0.39, 0.29) is 17.9 Å². The molecule has 1 fully saturated rings. The number of anilines is 1. The second-order valence-electron chi connectivity index (χ2n) is 6.99. The highest BCUT2D eigenvalue weighted by Gasteiger charge is 2.23. The molecule has 1 saturated carbocycles. The van der Waals surface area contributed by atoms with Crippen LogP contribution >= 0.6 is 0 Å². The molecule has 1 aromatic carbocycles. The molecule has 0 heterocycles. The Kier molecular flexibility index (Phi) is 7.29. The fourth-order valence-electron chi connectivity index (χ4n) is 3.32. The molecule has 1 aliphatic rings. The minimum atomic E-state index is -0.0698. The average molecular weight is 346 g/mol. The van der Waals surface area contributed by atoms with Crippen LogP contribution in [-0.2, 0) is 9.59 Å². The number of hydrogen-bond donors (Lipinski definition) is 1. The first-order chi connectivity index (χ1) is 12.0. The van der Waals surface area contributed by atoms with Gasteiger partial charge in [0, 0.05) is 31.6 Å². The number of benzene rings is 1. The van der Waals surface area contributed by atoms with E-state index in [0.717, 1.165) is 24.3 Å². The Bertz CT molecular complexity index is 563. The van der Waals surface area contributed by atoms with Crippen LogP contribution in [0.25, 0.3) is 0 Å². The molecule has 1 aliphatic carbocycles. The average Bonchev–Trinajstić information content (AvgIpc) is 2.57. The summed E-state index contributed by atoms with van der Waals surface area (Å²) in [6, 6.07) is 7.66. The van der Waals surface area contributed by atoms with E-state index in [4.69, 9.17) is 4.74 Å². The maximum Gasteiger partial charge on any atom is 0.226 e. The van der Waals surface area contributed by atoms with Crippen molar-refractivity contribution in [3.8, 4) is 5.75 Å². The van der Waals surface area contributed by atoms with Crippen LogP contribution in [0.4, 0.5) is 5.69 Å². The van der Waals surface area contributed by atoms with Crippen molar-refractivity contribution in [2.45, 2.75) is 71.4 Å². The number of amides is 2. The van der Waals surface area contributed by atoms with Crippen LogP contribution in [0, 0.1) is 0 Å². The van der Waals surface area contributed by atoms with Crippen LogP contribution in [0.3, 0.4) is 0 Å². The van der Waals surface area contributed by atoms with Gasteiger partial charge in [0.05, 0.1) is 6.10 Å². The zero-order valence-corrected chi connectivity index (χ0v) is 15.6. The molecule has 0 radical (unpaired) electrons. The minimum Gasteiger partial charge on any atom is -0.491 e. The molecule has 2 rings (SSSR count). The van der Waals surface area contributed by atoms with Crippen LogP contribution in [0.2, 0.25) is 0 Å². The maximum absolute atomic E-state index is 12.2. The summed E-state index contributed by atoms with van der Waals surface area (Å²) < 4.78 is 5.59. The van der Waals surface area contributed by atoms with Crippen LogP contribution in [0.1, 0.15) is 59.3 Å². The van der Waals surface area contributed by atoms with Gasteiger partial charge in [-0.3, -0.25) is 9.59 Å². The highest BCUT2D eigenvalue weighted by molar-refractivity contribution is 5.91. The summed E-state index contributed by atoms with van der Waals surface area (Å²) in [5.74, 6) is 0.780. The largest absolute Gasteiger partial charge is 0.491 e. The first kappa shape index (κ1) is 19.3. The predicted octanol–water partition coefficient (Wildman–Crippen LogP) is 3.98. The van der Waals surface area contributed by atoms with Crippen molar-refractivity contribution >= 4 is 17.5 Å². The van der Waals surface area contributed by atoms with Gasteiger partial charge in [0.2, 0.25) is 11.8 Å². The molecule has 0 atom stereocenters. The lowest BCUT2D eigenvalue weighted by Gasteiger charge is -2.33. The van der Waals surface area contributed by atoms with E-state index in [1.54, 1.807) is 6.92 Å². The van der Waals surface area contributed by atoms with Crippen LogP contribution in [0.5, 0.6) is 5.75 Å². The van der Waals surface area contributed by atoms with Gasteiger partial charge >= 0.3 is 0 Å². The summed E-state index contributed by atoms with van der Waals surface area (Å²) in [6.07, 6.45) is 6.14. The molecule has 5 heteroatoms. The summed E-state index contributed by atoms with van der Waals surface area (Å²) in [5.41, 5.74) is 0.744. The molecule has 25 heavy (non-hydrogen) atoms. The zero-order chi connectivity index (χ0) is 18.2. The van der Waals surface area contributed by atoms with Crippen molar-refractivity contribution in [1.82, 2.24) is 4.90 Å². The fraction of sp³-hybridized carbons (Fsp3) is 0.600. The van der Waals surface area contributed by atoms with Gasteiger partial charge in [-0.15, -0.1) is 0 Å². The third-order valence-corrected chi connectivity index (χ3v) is 4.51. The molecule has 5 nitrogen and oxygen atoms in total. The predicted molar refractivity (Wildman–Crippen MR) is 99.7 cm³/mol. The van der Waals surface area contributed by atoms with Crippen molar-refractivity contribution in [2.75, 3.05) is 11.9 Å². The molecule has 0 bridgehead atoms. The standard InChI is InChI=1S/C20H30N2O3/c1-15(2)25-19-11-9-17(10-12-19)21-20(24)13-14-22(16(3)23)18-7-5-4-6-8-18/h9-12,15,18H,4-8,13-14H2,1-3H3,(H,21,24). The lowest BCUT2D eigenvalue weighted by molar-refractivity contribution is -0.132. The van der Waals surface area contributed by atoms with E-state index < -0.39 is 0 Å². The smallest absolute Gasteiger partial charge is 0.226 e. The second kappa shape index (κ2) is 9.44. The van der Waals surface area contributed by atoms with Crippen molar-refractivity contribution in [3.63, 3.8) is 0 Å². The van der Waals surface area contributed by atoms with Crippen molar-refractivity contribution < 1.29 is 14.3 Å². The maximum atomic E-state index is 12.2. The van der Waals surface area contributed by atoms with Gasteiger partial charge in [-0.2, -0.15) is 0 Å². The molecular formula is C20H30N2O3. The minimum absolute atomic E-state index is 0.0647. The third-order valence-electron chi connectivity index (χ3n) is 4.51. The Labute approximate surface area is 150 Å². The monoisotopic (exact) mass is 346 g/mol. The molecule has 138 valence electrons. The lowest BCUT2D eigenvalue weighted by atomic mass is 9.94. The molecule has 0 spiro atoms. The highest BCUT2D eigenvalue weighted by atomic mass is 16.5. The van der Waals surface area contributed by atoms with Crippen molar-refractivity contribution in [2.24, 2.45) is 0 Å². The molecule has 0 unspecified atom stereocenters. The zero-order valence-electron chi connectivity index (χ0n) is 15.6. The van der Waals surface area contributed by atoms with Gasteiger partial charge < -0.3 is 15.0 Å². The summed E-state index contributed by atoms with van der Waals surface area (Å²) in [5, 5.41) is 2.89. The molecule has 2 amide bonds. The number of rotatable bonds is 7. The van der Waals surface area contributed by atoms with Crippen LogP contribution in [-0.4, -0.2) is 35.4 Å². The Balaban J connectivity index is 1.83. The first-order valence-electron chi connectivity index (χ1n) is 9.29. The molecule has 1 aromatic rings. The summed E-state index contributed by atoms with van der Waals surface area (Å²) in [4.78, 5) is 26.0. The summed E-state index contributed by atoms with van der Waals surface area (Å²) in [7, 11) is 0. The summed E-state index contributed by atoms with van der Waals surface area (Å²) >= 11 is 0. The van der Waals surface area contributed by atoms with E-state index >= 15 is 0 Å². The molecule has 0 aromatic heterocycles. The van der Waals surface area contributed by atoms with Gasteiger partial charge in [0.25, 0.3) is 0 Å². The van der Waals surface area contributed by atoms with Crippen molar-refractivity contribution in [3.05, 3.63) is 24.3 Å². The third kappa shape index (κ3) is 6.40. The van der Waals surface area contributed by atoms with Gasteiger partial charge in [0.15, 0.2) is 0 Å². The second-order valence-corrected chi connectivity index (χ2v) is 6.99. The number of nitrogens with zero attached hydrogens (tertiary/aromatic N) is 1. The lowest BCUT2D eigenvalue weighted by Crippen LogP contribution is -2.41. The van der Waals surface area contributed by atoms with Crippen LogP contribution < -0.4 is 10.1 Å². The van der Waals surface area contributed by atoms with Crippen LogP contribution in [0.15, 0.2) is 24.3 Å². The molecule has 0 aliphatic heterocycles. The molecule has 0 saturated heterocycles. The summed E-state index contributed by atoms with van der Waals surface area (Å²) in [6.45, 7) is 6.03. The van der Waals surface area contributed by atoms with Gasteiger partial charge in [0.1, 0.15) is 5.75 Å². The van der Waals surface area contributed by atoms with E-state index in [9.17, 15) is 9.59 Å². The number of nitrogens with one attached hydrogen (secondary N) is 1. The van der Waals surface area contributed by atoms with E-state index in [1.165, 1.54) is 19.3 Å². The normalized spacial score (nSPS) is 15.0. The first-order valence-corrected chi connectivity index (χ1v) is 9.29. The quantitative estimate of drug-likeness (QED) is 0.812. The number of ether oxygens (including phenoxy) is 1. The Morgan fingerprint density at radius 1 is 1.16 bits per heavy atom. The van der Waals surface area contributed by atoms with Gasteiger partial charge in [-0.1, -0.05) is 19.3 Å². The number of carbonyl (C=O) groups is 2. The van der Waals surface area contributed by atoms with E-state index in [1.807, 2.05) is 43.0 Å². The van der Waals surface area contributed by atoms with E-state index in [0.29, 0.717) is 19.0 Å². The molecule has 1 N–H and O–H groups in total.